The second-order valence-electron chi connectivity index (χ2n) is 2.59. The van der Waals surface area contributed by atoms with E-state index in [-0.39, 0.29) is 6.61 Å². The van der Waals surface area contributed by atoms with Crippen LogP contribution in [0.15, 0.2) is 0 Å². The maximum atomic E-state index is 11.1. The molecule has 0 rings (SSSR count). The van der Waals surface area contributed by atoms with E-state index in [0.29, 0.717) is 0 Å². The van der Waals surface area contributed by atoms with E-state index < -0.39 is 30.6 Å². The van der Waals surface area contributed by atoms with Crippen LogP contribution in [0.4, 0.5) is 4.79 Å². The summed E-state index contributed by atoms with van der Waals surface area (Å²) >= 11 is 0. The summed E-state index contributed by atoms with van der Waals surface area (Å²) in [4.78, 5) is 33.0. The standard InChI is InChI=1S/C9H14O7/c1-4-15-9(12)16-6(8(11)14-3)5-7(10)13-2/h6H,4-5H2,1-3H3. The summed E-state index contributed by atoms with van der Waals surface area (Å²) in [6, 6.07) is 0. The molecule has 0 fully saturated rings. The fraction of sp³-hybridized carbons (Fsp3) is 0.667. The molecule has 0 spiro atoms. The molecule has 1 unspecified atom stereocenters. The summed E-state index contributed by atoms with van der Waals surface area (Å²) < 4.78 is 17.7. The van der Waals surface area contributed by atoms with Crippen molar-refractivity contribution < 1.29 is 33.3 Å². The van der Waals surface area contributed by atoms with Crippen molar-refractivity contribution in [1.29, 1.82) is 0 Å². The first kappa shape index (κ1) is 14.2. The van der Waals surface area contributed by atoms with Gasteiger partial charge in [-0.2, -0.15) is 0 Å². The Kier molecular flexibility index (Phi) is 6.66. The van der Waals surface area contributed by atoms with Crippen LogP contribution < -0.4 is 0 Å². The van der Waals surface area contributed by atoms with Gasteiger partial charge in [0.25, 0.3) is 0 Å². The molecule has 0 aliphatic heterocycles. The molecule has 0 aromatic rings. The van der Waals surface area contributed by atoms with Crippen LogP contribution in [-0.2, 0) is 28.5 Å². The molecule has 0 amide bonds. The Bertz CT molecular complexity index is 261. The quantitative estimate of drug-likeness (QED) is 0.498. The van der Waals surface area contributed by atoms with Gasteiger partial charge in [0, 0.05) is 0 Å². The maximum Gasteiger partial charge on any atom is 0.509 e. The third kappa shape index (κ3) is 5.18. The van der Waals surface area contributed by atoms with Crippen LogP contribution in [0.2, 0.25) is 0 Å². The molecular formula is C9H14O7. The highest BCUT2D eigenvalue weighted by molar-refractivity contribution is 5.83. The smallest absolute Gasteiger partial charge is 0.469 e. The molecule has 0 radical (unpaired) electrons. The van der Waals surface area contributed by atoms with Crippen molar-refractivity contribution in [2.75, 3.05) is 20.8 Å². The van der Waals surface area contributed by atoms with E-state index in [2.05, 4.69) is 18.9 Å². The summed E-state index contributed by atoms with van der Waals surface area (Å²) in [5, 5.41) is 0. The lowest BCUT2D eigenvalue weighted by Crippen LogP contribution is -2.31. The molecule has 0 saturated carbocycles. The van der Waals surface area contributed by atoms with Crippen LogP contribution >= 0.6 is 0 Å². The van der Waals surface area contributed by atoms with Gasteiger partial charge in [-0.25, -0.2) is 9.59 Å². The van der Waals surface area contributed by atoms with Gasteiger partial charge < -0.3 is 18.9 Å². The van der Waals surface area contributed by atoms with Gasteiger partial charge in [0.05, 0.1) is 27.2 Å². The minimum absolute atomic E-state index is 0.102. The van der Waals surface area contributed by atoms with Gasteiger partial charge >= 0.3 is 18.1 Å². The molecule has 7 nitrogen and oxygen atoms in total. The normalized spacial score (nSPS) is 11.2. The van der Waals surface area contributed by atoms with Crippen LogP contribution in [0, 0.1) is 0 Å². The van der Waals surface area contributed by atoms with E-state index in [1.807, 2.05) is 0 Å². The zero-order valence-corrected chi connectivity index (χ0v) is 9.35. The second kappa shape index (κ2) is 7.49. The molecule has 16 heavy (non-hydrogen) atoms. The number of carbonyl (C=O) groups is 3. The molecule has 7 heteroatoms. The monoisotopic (exact) mass is 234 g/mol. The lowest BCUT2D eigenvalue weighted by molar-refractivity contribution is -0.158. The summed E-state index contributed by atoms with van der Waals surface area (Å²) in [6.45, 7) is 1.68. The third-order valence-corrected chi connectivity index (χ3v) is 1.54. The van der Waals surface area contributed by atoms with Crippen molar-refractivity contribution in [1.82, 2.24) is 0 Å². The zero-order chi connectivity index (χ0) is 12.6. The van der Waals surface area contributed by atoms with Crippen LogP contribution in [0.3, 0.4) is 0 Å². The van der Waals surface area contributed by atoms with E-state index in [0.717, 1.165) is 14.2 Å². The predicted molar refractivity (Wildman–Crippen MR) is 50.5 cm³/mol. The van der Waals surface area contributed by atoms with Gasteiger partial charge in [-0.05, 0) is 6.92 Å². The number of ether oxygens (including phenoxy) is 4. The highest BCUT2D eigenvalue weighted by Gasteiger charge is 2.27. The molecule has 1 atom stereocenters. The largest absolute Gasteiger partial charge is 0.509 e. The predicted octanol–water partition coefficient (Wildman–Crippen LogP) is 0.264. The minimum Gasteiger partial charge on any atom is -0.469 e. The molecule has 0 aromatic heterocycles. The molecule has 0 bridgehead atoms. The topological polar surface area (TPSA) is 88.1 Å². The number of rotatable bonds is 5. The summed E-state index contributed by atoms with van der Waals surface area (Å²) in [5.74, 6) is -1.54. The Morgan fingerprint density at radius 3 is 2.19 bits per heavy atom. The number of hydrogen-bond acceptors (Lipinski definition) is 7. The average Bonchev–Trinajstić information content (AvgIpc) is 2.27. The summed E-state index contributed by atoms with van der Waals surface area (Å²) in [7, 11) is 2.27. The van der Waals surface area contributed by atoms with Crippen LogP contribution in [-0.4, -0.2) is 45.0 Å². The van der Waals surface area contributed by atoms with Crippen molar-refractivity contribution in [3.05, 3.63) is 0 Å². The highest BCUT2D eigenvalue weighted by atomic mass is 16.7. The molecule has 0 aliphatic carbocycles. The van der Waals surface area contributed by atoms with Gasteiger partial charge in [0.2, 0.25) is 6.10 Å². The Morgan fingerprint density at radius 2 is 1.75 bits per heavy atom. The molecule has 0 aliphatic rings. The van der Waals surface area contributed by atoms with Crippen molar-refractivity contribution in [3.8, 4) is 0 Å². The van der Waals surface area contributed by atoms with E-state index in [1.165, 1.54) is 0 Å². The fourth-order valence-corrected chi connectivity index (χ4v) is 0.807. The van der Waals surface area contributed by atoms with Gasteiger partial charge in [-0.15, -0.1) is 0 Å². The number of esters is 2. The van der Waals surface area contributed by atoms with Crippen LogP contribution in [0.5, 0.6) is 0 Å². The molecule has 0 aromatic carbocycles. The summed E-state index contributed by atoms with van der Waals surface area (Å²) in [5.41, 5.74) is 0. The SMILES string of the molecule is CCOC(=O)OC(CC(=O)OC)C(=O)OC. The molecule has 0 heterocycles. The van der Waals surface area contributed by atoms with E-state index in [4.69, 9.17) is 0 Å². The lowest BCUT2D eigenvalue weighted by atomic mass is 10.2. The molecule has 92 valence electrons. The Hall–Kier alpha value is -1.79. The Morgan fingerprint density at radius 1 is 1.12 bits per heavy atom. The first-order valence-electron chi connectivity index (χ1n) is 4.53. The fourth-order valence-electron chi connectivity index (χ4n) is 0.807. The van der Waals surface area contributed by atoms with Gasteiger partial charge in [0.1, 0.15) is 0 Å². The van der Waals surface area contributed by atoms with Crippen molar-refractivity contribution in [2.45, 2.75) is 19.4 Å². The lowest BCUT2D eigenvalue weighted by Gasteiger charge is -2.13. The van der Waals surface area contributed by atoms with Gasteiger partial charge in [0.15, 0.2) is 0 Å². The molecular weight excluding hydrogens is 220 g/mol. The van der Waals surface area contributed by atoms with Crippen LogP contribution in [0.25, 0.3) is 0 Å². The number of methoxy groups -OCH3 is 2. The number of hydrogen-bond donors (Lipinski definition) is 0. The van der Waals surface area contributed by atoms with Gasteiger partial charge in [-0.1, -0.05) is 0 Å². The van der Waals surface area contributed by atoms with E-state index in [1.54, 1.807) is 6.92 Å². The van der Waals surface area contributed by atoms with Crippen molar-refractivity contribution in [2.24, 2.45) is 0 Å². The Labute approximate surface area is 92.6 Å². The average molecular weight is 234 g/mol. The maximum absolute atomic E-state index is 11.1. The third-order valence-electron chi connectivity index (χ3n) is 1.54. The van der Waals surface area contributed by atoms with Crippen molar-refractivity contribution in [3.63, 3.8) is 0 Å². The Balaban J connectivity index is 4.37. The van der Waals surface area contributed by atoms with E-state index >= 15 is 0 Å². The first-order chi connectivity index (χ1) is 7.54. The molecule has 0 N–H and O–H groups in total. The minimum atomic E-state index is -1.35. The van der Waals surface area contributed by atoms with Crippen molar-refractivity contribution >= 4 is 18.1 Å². The van der Waals surface area contributed by atoms with Gasteiger partial charge in [-0.3, -0.25) is 4.79 Å². The molecule has 0 saturated heterocycles. The summed E-state index contributed by atoms with van der Waals surface area (Å²) in [6.07, 6.45) is -2.81. The number of carbonyl (C=O) groups excluding carboxylic acids is 3. The second-order valence-corrected chi connectivity index (χ2v) is 2.59. The first-order valence-corrected chi connectivity index (χ1v) is 4.53. The highest BCUT2D eigenvalue weighted by Crippen LogP contribution is 2.04. The zero-order valence-electron chi connectivity index (χ0n) is 9.35. The van der Waals surface area contributed by atoms with E-state index in [9.17, 15) is 14.4 Å². The van der Waals surface area contributed by atoms with Crippen LogP contribution in [0.1, 0.15) is 13.3 Å².